The van der Waals surface area contributed by atoms with Gasteiger partial charge < -0.3 is 45.1 Å². The van der Waals surface area contributed by atoms with E-state index in [1.165, 1.54) is 263 Å². The van der Waals surface area contributed by atoms with Crippen molar-refractivity contribution in [1.29, 1.82) is 0 Å². The van der Waals surface area contributed by atoms with E-state index in [2.05, 4.69) is 55.6 Å². The lowest BCUT2D eigenvalue weighted by Gasteiger charge is -2.40. The first-order chi connectivity index (χ1) is 42.2. The molecule has 6 N–H and O–H groups in total. The Balaban J connectivity index is 1.91. The molecule has 1 amide bonds. The molecule has 504 valence electrons. The molecule has 1 heterocycles. The van der Waals surface area contributed by atoms with E-state index in [1.807, 2.05) is 6.08 Å². The fraction of sp³-hybridized carbons (Fsp3) is 0.867. The number of allylic oxidation sites excluding steroid dienone is 7. The van der Waals surface area contributed by atoms with Crippen LogP contribution in [-0.2, 0) is 23.8 Å². The van der Waals surface area contributed by atoms with Gasteiger partial charge in [-0.25, -0.2) is 0 Å². The monoisotopic (exact) mass is 1210 g/mol. The summed E-state index contributed by atoms with van der Waals surface area (Å²) < 4.78 is 16.7. The van der Waals surface area contributed by atoms with Crippen molar-refractivity contribution < 1.29 is 49.3 Å². The molecule has 11 heteroatoms. The van der Waals surface area contributed by atoms with Gasteiger partial charge >= 0.3 is 5.97 Å². The van der Waals surface area contributed by atoms with Gasteiger partial charge in [-0.3, -0.25) is 9.59 Å². The van der Waals surface area contributed by atoms with Crippen molar-refractivity contribution in [3.63, 3.8) is 0 Å². The lowest BCUT2D eigenvalue weighted by molar-refractivity contribution is -0.302. The van der Waals surface area contributed by atoms with Gasteiger partial charge in [-0.15, -0.1) is 0 Å². The van der Waals surface area contributed by atoms with Crippen molar-refractivity contribution >= 4 is 11.9 Å². The third kappa shape index (κ3) is 52.4. The quantitative estimate of drug-likeness (QED) is 0.0195. The third-order valence-electron chi connectivity index (χ3n) is 17.4. The Hall–Kier alpha value is -2.38. The minimum Gasteiger partial charge on any atom is -0.466 e. The summed E-state index contributed by atoms with van der Waals surface area (Å²) in [6.45, 7) is 4.34. The molecular formula is C75H139NO10. The number of esters is 1. The van der Waals surface area contributed by atoms with E-state index in [0.717, 1.165) is 64.2 Å². The number of aliphatic hydroxyl groups is 5. The van der Waals surface area contributed by atoms with Gasteiger partial charge in [-0.2, -0.15) is 0 Å². The fourth-order valence-corrected chi connectivity index (χ4v) is 11.6. The minimum absolute atomic E-state index is 0.000836. The molecule has 11 nitrogen and oxygen atoms in total. The lowest BCUT2D eigenvalue weighted by Crippen LogP contribution is -2.60. The topological polar surface area (TPSA) is 175 Å². The van der Waals surface area contributed by atoms with Crippen molar-refractivity contribution in [3.05, 3.63) is 48.6 Å². The molecule has 0 bridgehead atoms. The summed E-state index contributed by atoms with van der Waals surface area (Å²) in [4.78, 5) is 25.1. The van der Waals surface area contributed by atoms with E-state index in [4.69, 9.17) is 14.2 Å². The van der Waals surface area contributed by atoms with Gasteiger partial charge in [-0.05, 0) is 89.9 Å². The zero-order valence-electron chi connectivity index (χ0n) is 56.0. The summed E-state index contributed by atoms with van der Waals surface area (Å²) >= 11 is 0. The van der Waals surface area contributed by atoms with Crippen LogP contribution in [0.3, 0.4) is 0 Å². The van der Waals surface area contributed by atoms with Crippen molar-refractivity contribution in [2.45, 2.75) is 397 Å². The standard InChI is InChI=1S/C75H139NO10/c1-3-5-7-9-11-13-15-39-43-47-51-55-59-63-71(80)84-64-60-56-52-48-44-41-38-36-34-32-30-28-26-24-22-20-18-16-17-19-21-23-25-27-29-31-33-35-37-40-42-46-50-54-58-62-70(79)76-67(66-85-75-74(83)73(82)72(81)69(65-77)86-75)68(78)61-57-53-49-45-14-12-10-8-6-4-2/h13,15,18,20,24,26,57,61,67-69,72-75,77-78,81-83H,3-12,14,16-17,19,21-23,25,27-56,58-60,62-66H2,1-2H3,(H,76,79)/b15-13-,20-18-,26-24-,61-57+. The van der Waals surface area contributed by atoms with Crippen LogP contribution in [0.4, 0.5) is 0 Å². The molecule has 1 aliphatic heterocycles. The van der Waals surface area contributed by atoms with E-state index < -0.39 is 49.5 Å². The maximum Gasteiger partial charge on any atom is 0.305 e. The molecule has 1 saturated heterocycles. The minimum atomic E-state index is -1.57. The Morgan fingerprint density at radius 3 is 1.20 bits per heavy atom. The zero-order valence-corrected chi connectivity index (χ0v) is 56.0. The van der Waals surface area contributed by atoms with Crippen molar-refractivity contribution in [3.8, 4) is 0 Å². The molecule has 0 aliphatic carbocycles. The average molecular weight is 1210 g/mol. The summed E-state index contributed by atoms with van der Waals surface area (Å²) in [5.41, 5.74) is 0. The highest BCUT2D eigenvalue weighted by Gasteiger charge is 2.44. The molecule has 1 rings (SSSR count). The number of amides is 1. The Labute approximate surface area is 529 Å². The van der Waals surface area contributed by atoms with Crippen LogP contribution in [0, 0.1) is 0 Å². The summed E-state index contributed by atoms with van der Waals surface area (Å²) in [5.74, 6) is -0.179. The largest absolute Gasteiger partial charge is 0.466 e. The Morgan fingerprint density at radius 2 is 0.779 bits per heavy atom. The molecule has 0 radical (unpaired) electrons. The molecular weight excluding hydrogens is 1070 g/mol. The number of hydrogen-bond donors (Lipinski definition) is 6. The van der Waals surface area contributed by atoms with Crippen LogP contribution in [0.25, 0.3) is 0 Å². The van der Waals surface area contributed by atoms with Crippen LogP contribution in [0.15, 0.2) is 48.6 Å². The molecule has 7 unspecified atom stereocenters. The Bertz CT molecular complexity index is 1570. The second-order valence-electron chi connectivity index (χ2n) is 25.6. The molecule has 0 aromatic rings. The number of carbonyl (C=O) groups excluding carboxylic acids is 2. The van der Waals surface area contributed by atoms with Gasteiger partial charge in [0, 0.05) is 12.8 Å². The maximum absolute atomic E-state index is 13.0. The second-order valence-corrected chi connectivity index (χ2v) is 25.6. The predicted octanol–water partition coefficient (Wildman–Crippen LogP) is 19.1. The first-order valence-corrected chi connectivity index (χ1v) is 36.9. The van der Waals surface area contributed by atoms with Crippen LogP contribution in [0.1, 0.15) is 354 Å². The Kier molecular flexibility index (Phi) is 60.9. The number of rotatable bonds is 65. The van der Waals surface area contributed by atoms with Crippen LogP contribution in [0.2, 0.25) is 0 Å². The number of unbranched alkanes of at least 4 members (excludes halogenated alkanes) is 45. The molecule has 0 aromatic carbocycles. The molecule has 7 atom stereocenters. The van der Waals surface area contributed by atoms with Crippen LogP contribution in [0.5, 0.6) is 0 Å². The number of aliphatic hydroxyl groups excluding tert-OH is 5. The average Bonchev–Trinajstić information content (AvgIpc) is 2.58. The summed E-state index contributed by atoms with van der Waals surface area (Å²) in [5, 5.41) is 54.4. The SMILES string of the molecule is CCCCCC/C=C\CCCCCCCC(=O)OCCCCCCCCCCCCC/C=C\C/C=C\CCCCCCCCCCCCCCCCCCCC(=O)NC(COC1OC(CO)C(O)C(O)C1O)C(O)/C=C/CCCCCCCCCC. The summed E-state index contributed by atoms with van der Waals surface area (Å²) in [6.07, 6.45) is 74.1. The van der Waals surface area contributed by atoms with E-state index in [0.29, 0.717) is 19.4 Å². The first kappa shape index (κ1) is 81.6. The lowest BCUT2D eigenvalue weighted by atomic mass is 9.99. The van der Waals surface area contributed by atoms with Gasteiger partial charge in [-0.1, -0.05) is 300 Å². The Morgan fingerprint density at radius 1 is 0.430 bits per heavy atom. The number of nitrogens with one attached hydrogen (secondary N) is 1. The van der Waals surface area contributed by atoms with Crippen molar-refractivity contribution in [2.24, 2.45) is 0 Å². The van der Waals surface area contributed by atoms with Crippen molar-refractivity contribution in [1.82, 2.24) is 5.32 Å². The molecule has 0 saturated carbocycles. The van der Waals surface area contributed by atoms with E-state index in [1.54, 1.807) is 6.08 Å². The smallest absolute Gasteiger partial charge is 0.305 e. The first-order valence-electron chi connectivity index (χ1n) is 36.9. The van der Waals surface area contributed by atoms with Crippen LogP contribution >= 0.6 is 0 Å². The molecule has 0 aromatic heterocycles. The van der Waals surface area contributed by atoms with Crippen LogP contribution in [-0.4, -0.2) is 100 Å². The highest BCUT2D eigenvalue weighted by atomic mass is 16.7. The highest BCUT2D eigenvalue weighted by Crippen LogP contribution is 2.23. The van der Waals surface area contributed by atoms with Gasteiger partial charge in [0.15, 0.2) is 6.29 Å². The van der Waals surface area contributed by atoms with Gasteiger partial charge in [0.05, 0.1) is 32.0 Å². The second kappa shape index (κ2) is 64.2. The number of hydrogen-bond acceptors (Lipinski definition) is 10. The van der Waals surface area contributed by atoms with Crippen LogP contribution < -0.4 is 5.32 Å². The molecule has 0 spiro atoms. The normalized spacial score (nSPS) is 18.2. The maximum atomic E-state index is 13.0. The fourth-order valence-electron chi connectivity index (χ4n) is 11.6. The van der Waals surface area contributed by atoms with Gasteiger partial charge in [0.1, 0.15) is 24.4 Å². The van der Waals surface area contributed by atoms with E-state index in [-0.39, 0.29) is 18.5 Å². The molecule has 86 heavy (non-hydrogen) atoms. The number of ether oxygens (including phenoxy) is 3. The van der Waals surface area contributed by atoms with E-state index in [9.17, 15) is 35.1 Å². The zero-order chi connectivity index (χ0) is 62.3. The van der Waals surface area contributed by atoms with Gasteiger partial charge in [0.2, 0.25) is 5.91 Å². The number of carbonyl (C=O) groups is 2. The summed E-state index contributed by atoms with van der Waals surface area (Å²) in [7, 11) is 0. The molecule has 1 fully saturated rings. The highest BCUT2D eigenvalue weighted by molar-refractivity contribution is 5.76. The van der Waals surface area contributed by atoms with E-state index >= 15 is 0 Å². The molecule has 1 aliphatic rings. The third-order valence-corrected chi connectivity index (χ3v) is 17.4. The predicted molar refractivity (Wildman–Crippen MR) is 361 cm³/mol. The summed E-state index contributed by atoms with van der Waals surface area (Å²) in [6, 6.07) is -0.807. The van der Waals surface area contributed by atoms with Crippen molar-refractivity contribution in [2.75, 3.05) is 19.8 Å². The van der Waals surface area contributed by atoms with Gasteiger partial charge in [0.25, 0.3) is 0 Å².